The number of nitrogens with one attached hydrogen (secondary N) is 2. The summed E-state index contributed by atoms with van der Waals surface area (Å²) in [6.07, 6.45) is 7.66. The molecule has 3 atom stereocenters. The standard InChI is InChI=1S/C24H41N3O3S/c1-6-9-13-20(8-3)24(28)25-21-14-15-22(27-16-11-10-12-19(27)5)23(17-21)31(29,30)26-18(4)7-2/h14-15,17-20,26H,6-13,16H2,1-5H3,(H,25,28)/t18-,19-,20+/m1/s1. The number of carbonyl (C=O) groups is 1. The molecule has 176 valence electrons. The third-order valence-electron chi connectivity index (χ3n) is 6.37. The molecular weight excluding hydrogens is 410 g/mol. The van der Waals surface area contributed by atoms with E-state index in [9.17, 15) is 13.2 Å². The fourth-order valence-electron chi connectivity index (χ4n) is 4.13. The van der Waals surface area contributed by atoms with Crippen molar-refractivity contribution in [2.45, 2.75) is 103 Å². The molecule has 1 saturated heterocycles. The van der Waals surface area contributed by atoms with Gasteiger partial charge in [-0.25, -0.2) is 13.1 Å². The summed E-state index contributed by atoms with van der Waals surface area (Å²) < 4.78 is 29.4. The quantitative estimate of drug-likeness (QED) is 0.479. The SMILES string of the molecule is CCCC[C@H](CC)C(=O)Nc1ccc(N2CCCC[C@H]2C)c(S(=O)(=O)N[C@H](C)CC)c1. The van der Waals surface area contributed by atoms with Crippen LogP contribution in [0.15, 0.2) is 23.1 Å². The van der Waals surface area contributed by atoms with Crippen LogP contribution in [-0.2, 0) is 14.8 Å². The number of piperidine rings is 1. The lowest BCUT2D eigenvalue weighted by molar-refractivity contribution is -0.120. The zero-order valence-corrected chi connectivity index (χ0v) is 20.7. The number of amides is 1. The molecule has 0 spiro atoms. The number of anilines is 2. The smallest absolute Gasteiger partial charge is 0.242 e. The van der Waals surface area contributed by atoms with Gasteiger partial charge in [-0.1, -0.05) is 33.6 Å². The molecule has 6 nitrogen and oxygen atoms in total. The van der Waals surface area contributed by atoms with Gasteiger partial charge in [0.05, 0.1) is 5.69 Å². The molecule has 2 N–H and O–H groups in total. The lowest BCUT2D eigenvalue weighted by Gasteiger charge is -2.36. The van der Waals surface area contributed by atoms with E-state index in [4.69, 9.17) is 0 Å². The Morgan fingerprint density at radius 2 is 1.94 bits per heavy atom. The third-order valence-corrected chi connectivity index (χ3v) is 7.99. The van der Waals surface area contributed by atoms with E-state index in [1.807, 2.05) is 32.9 Å². The maximum atomic E-state index is 13.3. The Kier molecular flexibility index (Phi) is 9.82. The van der Waals surface area contributed by atoms with E-state index in [1.54, 1.807) is 6.07 Å². The molecule has 1 fully saturated rings. The molecule has 0 radical (unpaired) electrons. The number of sulfonamides is 1. The molecule has 1 aliphatic rings. The number of benzene rings is 1. The number of unbranched alkanes of at least 4 members (excludes halogenated alkanes) is 1. The highest BCUT2D eigenvalue weighted by molar-refractivity contribution is 7.89. The molecule has 1 heterocycles. The number of nitrogens with zero attached hydrogens (tertiary/aromatic N) is 1. The molecule has 7 heteroatoms. The Morgan fingerprint density at radius 1 is 1.19 bits per heavy atom. The summed E-state index contributed by atoms with van der Waals surface area (Å²) in [4.78, 5) is 15.2. The molecule has 0 unspecified atom stereocenters. The van der Waals surface area contributed by atoms with Crippen LogP contribution in [0.2, 0.25) is 0 Å². The van der Waals surface area contributed by atoms with Crippen molar-refractivity contribution in [3.8, 4) is 0 Å². The Hall–Kier alpha value is -1.60. The van der Waals surface area contributed by atoms with Gasteiger partial charge in [0.2, 0.25) is 15.9 Å². The van der Waals surface area contributed by atoms with Crippen molar-refractivity contribution in [2.24, 2.45) is 5.92 Å². The van der Waals surface area contributed by atoms with Crippen molar-refractivity contribution in [1.82, 2.24) is 4.72 Å². The average molecular weight is 452 g/mol. The normalized spacial score (nSPS) is 19.1. The predicted molar refractivity (Wildman–Crippen MR) is 129 cm³/mol. The van der Waals surface area contributed by atoms with Crippen molar-refractivity contribution in [1.29, 1.82) is 0 Å². The number of hydrogen-bond donors (Lipinski definition) is 2. The van der Waals surface area contributed by atoms with Gasteiger partial charge in [-0.2, -0.15) is 0 Å². The number of carbonyl (C=O) groups excluding carboxylic acids is 1. The molecule has 1 aromatic carbocycles. The van der Waals surface area contributed by atoms with Crippen molar-refractivity contribution < 1.29 is 13.2 Å². The van der Waals surface area contributed by atoms with Crippen LogP contribution >= 0.6 is 0 Å². The van der Waals surface area contributed by atoms with Crippen molar-refractivity contribution in [3.05, 3.63) is 18.2 Å². The molecule has 1 amide bonds. The second-order valence-electron chi connectivity index (χ2n) is 8.89. The summed E-state index contributed by atoms with van der Waals surface area (Å²) >= 11 is 0. The van der Waals surface area contributed by atoms with E-state index in [2.05, 4.69) is 28.8 Å². The molecule has 2 rings (SSSR count). The van der Waals surface area contributed by atoms with Gasteiger partial charge < -0.3 is 10.2 Å². The highest BCUT2D eigenvalue weighted by Crippen LogP contribution is 2.33. The Labute approximate surface area is 189 Å². The fourth-order valence-corrected chi connectivity index (χ4v) is 5.69. The van der Waals surface area contributed by atoms with Gasteiger partial charge in [0.15, 0.2) is 0 Å². The summed E-state index contributed by atoms with van der Waals surface area (Å²) in [7, 11) is -3.72. The first-order valence-corrected chi connectivity index (χ1v) is 13.5. The zero-order valence-electron chi connectivity index (χ0n) is 19.9. The van der Waals surface area contributed by atoms with Gasteiger partial charge >= 0.3 is 0 Å². The fraction of sp³-hybridized carbons (Fsp3) is 0.708. The Bertz CT molecular complexity index is 825. The van der Waals surface area contributed by atoms with Crippen LogP contribution in [0.3, 0.4) is 0 Å². The summed E-state index contributed by atoms with van der Waals surface area (Å²) in [5.74, 6) is -0.0895. The second kappa shape index (κ2) is 11.9. The minimum atomic E-state index is -3.72. The van der Waals surface area contributed by atoms with Crippen LogP contribution in [0, 0.1) is 5.92 Å². The van der Waals surface area contributed by atoms with Gasteiger partial charge in [-0.3, -0.25) is 4.79 Å². The van der Waals surface area contributed by atoms with Crippen LogP contribution in [0.5, 0.6) is 0 Å². The van der Waals surface area contributed by atoms with E-state index >= 15 is 0 Å². The van der Waals surface area contributed by atoms with Gasteiger partial charge in [0.1, 0.15) is 4.90 Å². The van der Waals surface area contributed by atoms with Gasteiger partial charge in [0, 0.05) is 30.2 Å². The molecule has 1 aliphatic heterocycles. The summed E-state index contributed by atoms with van der Waals surface area (Å²) in [5.41, 5.74) is 1.26. The highest BCUT2D eigenvalue weighted by Gasteiger charge is 2.28. The molecular formula is C24H41N3O3S. The first-order valence-electron chi connectivity index (χ1n) is 12.0. The lowest BCUT2D eigenvalue weighted by Crippen LogP contribution is -2.39. The van der Waals surface area contributed by atoms with Crippen molar-refractivity contribution in [2.75, 3.05) is 16.8 Å². The number of hydrogen-bond acceptors (Lipinski definition) is 4. The first kappa shape index (κ1) is 25.7. The molecule has 0 bridgehead atoms. The van der Waals surface area contributed by atoms with E-state index < -0.39 is 10.0 Å². The number of rotatable bonds is 11. The third kappa shape index (κ3) is 6.94. The Morgan fingerprint density at radius 3 is 2.55 bits per heavy atom. The van der Waals surface area contributed by atoms with E-state index in [0.717, 1.165) is 57.2 Å². The van der Waals surface area contributed by atoms with E-state index in [1.165, 1.54) is 0 Å². The second-order valence-corrected chi connectivity index (χ2v) is 10.6. The van der Waals surface area contributed by atoms with Crippen LogP contribution in [-0.4, -0.2) is 33.0 Å². The minimum Gasteiger partial charge on any atom is -0.368 e. The topological polar surface area (TPSA) is 78.5 Å². The van der Waals surface area contributed by atoms with Crippen LogP contribution in [0.1, 0.15) is 86.0 Å². The molecule has 0 aliphatic carbocycles. The average Bonchev–Trinajstić information content (AvgIpc) is 2.74. The monoisotopic (exact) mass is 451 g/mol. The maximum Gasteiger partial charge on any atom is 0.242 e. The van der Waals surface area contributed by atoms with Crippen LogP contribution in [0.25, 0.3) is 0 Å². The predicted octanol–water partition coefficient (Wildman–Crippen LogP) is 5.30. The van der Waals surface area contributed by atoms with Gasteiger partial charge in [-0.05, 0) is 70.6 Å². The first-order chi connectivity index (χ1) is 14.7. The van der Waals surface area contributed by atoms with Crippen LogP contribution < -0.4 is 14.9 Å². The van der Waals surface area contributed by atoms with Gasteiger partial charge in [0.25, 0.3) is 0 Å². The lowest BCUT2D eigenvalue weighted by atomic mass is 9.98. The summed E-state index contributed by atoms with van der Waals surface area (Å²) in [6.45, 7) is 10.9. The molecule has 1 aromatic rings. The maximum absolute atomic E-state index is 13.3. The van der Waals surface area contributed by atoms with Crippen LogP contribution in [0.4, 0.5) is 11.4 Å². The van der Waals surface area contributed by atoms with E-state index in [-0.39, 0.29) is 28.8 Å². The Balaban J connectivity index is 2.39. The van der Waals surface area contributed by atoms with Gasteiger partial charge in [-0.15, -0.1) is 0 Å². The summed E-state index contributed by atoms with van der Waals surface area (Å²) in [6, 6.07) is 5.45. The largest absolute Gasteiger partial charge is 0.368 e. The molecule has 0 saturated carbocycles. The van der Waals surface area contributed by atoms with Crippen molar-refractivity contribution in [3.63, 3.8) is 0 Å². The minimum absolute atomic E-state index is 0.0340. The molecule has 31 heavy (non-hydrogen) atoms. The van der Waals surface area contributed by atoms with E-state index in [0.29, 0.717) is 12.1 Å². The highest BCUT2D eigenvalue weighted by atomic mass is 32.2. The summed E-state index contributed by atoms with van der Waals surface area (Å²) in [5, 5.41) is 2.97. The zero-order chi connectivity index (χ0) is 23.0. The molecule has 0 aromatic heterocycles. The van der Waals surface area contributed by atoms with Crippen molar-refractivity contribution >= 4 is 27.3 Å².